The molecule has 162 valence electrons. The number of nitrogens with zero attached hydrogens (tertiary/aromatic N) is 2. The van der Waals surface area contributed by atoms with Gasteiger partial charge in [0.15, 0.2) is 0 Å². The zero-order chi connectivity index (χ0) is 22.7. The molecule has 0 spiro atoms. The van der Waals surface area contributed by atoms with Crippen LogP contribution in [0.25, 0.3) is 11.3 Å². The van der Waals surface area contributed by atoms with E-state index in [0.29, 0.717) is 28.7 Å². The lowest BCUT2D eigenvalue weighted by Gasteiger charge is -2.10. The molecule has 0 radical (unpaired) electrons. The highest BCUT2D eigenvalue weighted by atomic mass is 16.1. The monoisotopic (exact) mass is 426 g/mol. The summed E-state index contributed by atoms with van der Waals surface area (Å²) >= 11 is 0. The van der Waals surface area contributed by atoms with Crippen LogP contribution in [-0.2, 0) is 0 Å². The van der Waals surface area contributed by atoms with E-state index in [1.807, 2.05) is 43.3 Å². The smallest absolute Gasteiger partial charge is 0.255 e. The number of nitrogen functional groups attached to an aromatic ring is 1. The van der Waals surface area contributed by atoms with Crippen molar-refractivity contribution < 1.29 is 4.79 Å². The number of aryl methyl sites for hydroxylation is 1. The van der Waals surface area contributed by atoms with Gasteiger partial charge in [-0.15, -0.1) is 0 Å². The Morgan fingerprint density at radius 1 is 1.06 bits per heavy atom. The summed E-state index contributed by atoms with van der Waals surface area (Å²) in [4.78, 5) is 24.9. The minimum absolute atomic E-state index is 0.218. The first-order valence-electron chi connectivity index (χ1n) is 10.5. The molecule has 5 N–H and O–H groups in total. The minimum Gasteiger partial charge on any atom is -0.397 e. The zero-order valence-electron chi connectivity index (χ0n) is 18.3. The number of hydrogen-bond acceptors (Lipinski definition) is 5. The molecule has 0 aliphatic carbocycles. The van der Waals surface area contributed by atoms with Crippen LogP contribution in [0.4, 0.5) is 22.9 Å². The van der Waals surface area contributed by atoms with Crippen LogP contribution in [0, 0.1) is 6.92 Å². The molecule has 2 aromatic heterocycles. The van der Waals surface area contributed by atoms with Gasteiger partial charge in [0.05, 0.1) is 17.1 Å². The summed E-state index contributed by atoms with van der Waals surface area (Å²) < 4.78 is 0. The minimum atomic E-state index is -0.218. The number of H-pyrrole nitrogens is 1. The Morgan fingerprint density at radius 3 is 2.53 bits per heavy atom. The fraction of sp³-hybridized carbons (Fsp3) is 0.160. The van der Waals surface area contributed by atoms with E-state index in [4.69, 9.17) is 5.73 Å². The Bertz CT molecular complexity index is 1240. The first kappa shape index (κ1) is 21.1. The van der Waals surface area contributed by atoms with Crippen molar-refractivity contribution in [3.63, 3.8) is 0 Å². The molecule has 2 aromatic carbocycles. The highest BCUT2D eigenvalue weighted by molar-refractivity contribution is 6.05. The van der Waals surface area contributed by atoms with Gasteiger partial charge in [0.1, 0.15) is 11.6 Å². The summed E-state index contributed by atoms with van der Waals surface area (Å²) in [6.45, 7) is 6.24. The Balaban J connectivity index is 1.49. The second kappa shape index (κ2) is 8.93. The van der Waals surface area contributed by atoms with Crippen LogP contribution in [-0.4, -0.2) is 20.9 Å². The number of nitrogens with two attached hydrogens (primary N) is 1. The summed E-state index contributed by atoms with van der Waals surface area (Å²) in [5.41, 5.74) is 11.4. The average Bonchev–Trinajstić information content (AvgIpc) is 3.18. The Kier molecular flexibility index (Phi) is 5.89. The van der Waals surface area contributed by atoms with Crippen molar-refractivity contribution in [2.75, 3.05) is 16.4 Å². The van der Waals surface area contributed by atoms with E-state index >= 15 is 0 Å². The van der Waals surface area contributed by atoms with Crippen molar-refractivity contribution in [1.82, 2.24) is 15.0 Å². The van der Waals surface area contributed by atoms with Gasteiger partial charge < -0.3 is 21.4 Å². The summed E-state index contributed by atoms with van der Waals surface area (Å²) in [7, 11) is 0. The predicted molar refractivity (Wildman–Crippen MR) is 129 cm³/mol. The first-order valence-corrected chi connectivity index (χ1v) is 10.5. The molecule has 7 heteroatoms. The van der Waals surface area contributed by atoms with Crippen molar-refractivity contribution in [3.8, 4) is 11.3 Å². The van der Waals surface area contributed by atoms with Gasteiger partial charge in [0.2, 0.25) is 0 Å². The Labute approximate surface area is 187 Å². The van der Waals surface area contributed by atoms with E-state index in [2.05, 4.69) is 39.4 Å². The summed E-state index contributed by atoms with van der Waals surface area (Å²) in [5, 5.41) is 6.12. The van der Waals surface area contributed by atoms with Crippen molar-refractivity contribution >= 4 is 28.8 Å². The van der Waals surface area contributed by atoms with Gasteiger partial charge in [0.25, 0.3) is 5.91 Å². The summed E-state index contributed by atoms with van der Waals surface area (Å²) in [6.07, 6.45) is 1.76. The fourth-order valence-corrected chi connectivity index (χ4v) is 3.45. The largest absolute Gasteiger partial charge is 0.397 e. The number of para-hydroxylation sites is 2. The van der Waals surface area contributed by atoms with Crippen LogP contribution in [0.3, 0.4) is 0 Å². The Hall–Kier alpha value is -4.13. The van der Waals surface area contributed by atoms with Gasteiger partial charge in [-0.05, 0) is 61.4 Å². The lowest BCUT2D eigenvalue weighted by Crippen LogP contribution is -2.13. The molecule has 4 aromatic rings. The second-order valence-electron chi connectivity index (χ2n) is 7.91. The number of pyridine rings is 1. The first-order chi connectivity index (χ1) is 15.4. The molecule has 0 atom stereocenters. The lowest BCUT2D eigenvalue weighted by atomic mass is 10.0. The molecule has 0 unspecified atom stereocenters. The number of amides is 1. The van der Waals surface area contributed by atoms with E-state index in [1.165, 1.54) is 0 Å². The zero-order valence-corrected chi connectivity index (χ0v) is 18.3. The fourth-order valence-electron chi connectivity index (χ4n) is 3.45. The maximum Gasteiger partial charge on any atom is 0.255 e. The molecule has 2 heterocycles. The van der Waals surface area contributed by atoms with Crippen LogP contribution < -0.4 is 16.4 Å². The molecule has 1 amide bonds. The highest BCUT2D eigenvalue weighted by Gasteiger charge is 2.14. The molecule has 0 aliphatic heterocycles. The number of nitrogens with one attached hydrogen (secondary N) is 3. The van der Waals surface area contributed by atoms with E-state index in [9.17, 15) is 4.79 Å². The molecule has 32 heavy (non-hydrogen) atoms. The lowest BCUT2D eigenvalue weighted by molar-refractivity contribution is 0.102. The average molecular weight is 427 g/mol. The number of carbonyl (C=O) groups is 1. The molecular weight excluding hydrogens is 400 g/mol. The van der Waals surface area contributed by atoms with E-state index in [1.54, 1.807) is 30.5 Å². The molecule has 0 aliphatic rings. The van der Waals surface area contributed by atoms with Gasteiger partial charge in [-0.25, -0.2) is 9.97 Å². The maximum absolute atomic E-state index is 12.5. The topological polar surface area (TPSA) is 109 Å². The van der Waals surface area contributed by atoms with Crippen LogP contribution in [0.2, 0.25) is 0 Å². The quantitative estimate of drug-likeness (QED) is 0.305. The normalized spacial score (nSPS) is 10.9. The molecule has 0 saturated heterocycles. The standard InChI is InChI=1S/C25H26N6O/c1-15(2)23-24(29-16(3)28-23)18-12-13-27-22(14-18)30-19-10-8-17(9-11-19)25(32)31-21-7-5-4-6-20(21)26/h4-15H,26H2,1-3H3,(H,27,30)(H,28,29)(H,31,32). The molecule has 4 rings (SSSR count). The number of aromatic amines is 1. The van der Waals surface area contributed by atoms with E-state index in [0.717, 1.165) is 28.5 Å². The molecular formula is C25H26N6O. The van der Waals surface area contributed by atoms with Gasteiger partial charge in [-0.1, -0.05) is 26.0 Å². The van der Waals surface area contributed by atoms with Crippen molar-refractivity contribution in [1.29, 1.82) is 0 Å². The molecule has 0 saturated carbocycles. The third-order valence-corrected chi connectivity index (χ3v) is 5.09. The molecule has 0 bridgehead atoms. The number of imidazole rings is 1. The highest BCUT2D eigenvalue weighted by Crippen LogP contribution is 2.29. The maximum atomic E-state index is 12.5. The van der Waals surface area contributed by atoms with Crippen LogP contribution in [0.15, 0.2) is 66.9 Å². The van der Waals surface area contributed by atoms with Crippen LogP contribution in [0.5, 0.6) is 0 Å². The number of aromatic nitrogens is 3. The SMILES string of the molecule is Cc1nc(-c2ccnc(Nc3ccc(C(=O)Nc4ccccc4N)cc3)c2)c(C(C)C)[nH]1. The molecule has 7 nitrogen and oxygen atoms in total. The van der Waals surface area contributed by atoms with Gasteiger partial charge >= 0.3 is 0 Å². The third kappa shape index (κ3) is 4.62. The molecule has 0 fully saturated rings. The summed E-state index contributed by atoms with van der Waals surface area (Å²) in [5.74, 6) is 1.71. The van der Waals surface area contributed by atoms with Crippen molar-refractivity contribution in [2.24, 2.45) is 0 Å². The number of benzene rings is 2. The van der Waals surface area contributed by atoms with Crippen LogP contribution >= 0.6 is 0 Å². The van der Waals surface area contributed by atoms with Gasteiger partial charge in [-0.2, -0.15) is 0 Å². The predicted octanol–water partition coefficient (Wildman–Crippen LogP) is 5.48. The number of carbonyl (C=O) groups excluding carboxylic acids is 1. The second-order valence-corrected chi connectivity index (χ2v) is 7.91. The van der Waals surface area contributed by atoms with Crippen molar-refractivity contribution in [3.05, 3.63) is 83.9 Å². The van der Waals surface area contributed by atoms with Gasteiger partial charge in [-0.3, -0.25) is 4.79 Å². The number of anilines is 4. The number of rotatable bonds is 6. The third-order valence-electron chi connectivity index (χ3n) is 5.09. The van der Waals surface area contributed by atoms with Gasteiger partial charge in [0, 0.05) is 28.7 Å². The van der Waals surface area contributed by atoms with E-state index in [-0.39, 0.29) is 5.91 Å². The van der Waals surface area contributed by atoms with Crippen molar-refractivity contribution in [2.45, 2.75) is 26.7 Å². The van der Waals surface area contributed by atoms with E-state index < -0.39 is 0 Å². The summed E-state index contributed by atoms with van der Waals surface area (Å²) in [6, 6.07) is 18.3. The van der Waals surface area contributed by atoms with Crippen LogP contribution in [0.1, 0.15) is 41.6 Å². The Morgan fingerprint density at radius 2 is 1.81 bits per heavy atom. The number of hydrogen-bond donors (Lipinski definition) is 4.